The smallest absolute Gasteiger partial charge is 0.211 e. The molecule has 3 nitrogen and oxygen atoms in total. The number of nitrogens with zero attached hydrogens (tertiary/aromatic N) is 3. The van der Waals surface area contributed by atoms with Crippen LogP contribution in [0.1, 0.15) is 13.8 Å². The van der Waals surface area contributed by atoms with E-state index in [9.17, 15) is 0 Å². The molecule has 1 aromatic heterocycles. The zero-order chi connectivity index (χ0) is 17.1. The molecule has 0 radical (unpaired) electrons. The van der Waals surface area contributed by atoms with Gasteiger partial charge < -0.3 is 4.57 Å². The van der Waals surface area contributed by atoms with Gasteiger partial charge in [0.05, 0.1) is 10.6 Å². The second kappa shape index (κ2) is 7.28. The third-order valence-corrected chi connectivity index (χ3v) is 5.22. The summed E-state index contributed by atoms with van der Waals surface area (Å²) in [5.41, 5.74) is 4.44. The summed E-state index contributed by atoms with van der Waals surface area (Å²) in [5.74, 6) is 0. The molecular weight excluding hydrogens is 382 g/mol. The summed E-state index contributed by atoms with van der Waals surface area (Å²) in [4.78, 5) is 2.08. The minimum atomic E-state index is 0.882. The molecule has 0 spiro atoms. The molecule has 0 aliphatic rings. The van der Waals surface area contributed by atoms with Crippen LogP contribution in [0.5, 0.6) is 0 Å². The fourth-order valence-electron chi connectivity index (χ4n) is 2.40. The van der Waals surface area contributed by atoms with Crippen molar-refractivity contribution in [2.75, 3.05) is 0 Å². The topological polar surface area (TPSA) is 29.6 Å². The molecule has 5 heteroatoms. The van der Waals surface area contributed by atoms with Crippen LogP contribution in [0.15, 0.2) is 69.3 Å². The molecule has 0 aliphatic heterocycles. The number of hydrogen-bond acceptors (Lipinski definition) is 3. The number of benzene rings is 2. The standard InChI is InChI=1S/C19H18BrN3S/c1-13(2)21-22-19-23(3)17(14-9-11-16(20)12-10-14)18(24-19)15-7-5-4-6-8-15/h4-12H,1-3H3. The number of rotatable bonds is 3. The molecule has 0 bridgehead atoms. The zero-order valence-electron chi connectivity index (χ0n) is 13.8. The molecule has 1 heterocycles. The molecule has 2 aromatic carbocycles. The monoisotopic (exact) mass is 399 g/mol. The van der Waals surface area contributed by atoms with Crippen molar-refractivity contribution < 1.29 is 0 Å². The van der Waals surface area contributed by atoms with Crippen molar-refractivity contribution in [2.24, 2.45) is 17.3 Å². The van der Waals surface area contributed by atoms with E-state index in [1.165, 1.54) is 10.4 Å². The van der Waals surface area contributed by atoms with Gasteiger partial charge in [0.1, 0.15) is 0 Å². The maximum absolute atomic E-state index is 4.42. The lowest BCUT2D eigenvalue weighted by molar-refractivity contribution is 0.863. The van der Waals surface area contributed by atoms with Gasteiger partial charge in [-0.3, -0.25) is 0 Å². The SMILES string of the molecule is CC(C)=NN=c1sc(-c2ccccc2)c(-c2ccc(Br)cc2)n1C. The van der Waals surface area contributed by atoms with Crippen molar-refractivity contribution in [3.05, 3.63) is 63.9 Å². The lowest BCUT2D eigenvalue weighted by atomic mass is 10.1. The van der Waals surface area contributed by atoms with Crippen molar-refractivity contribution in [1.82, 2.24) is 4.57 Å². The highest BCUT2D eigenvalue weighted by Gasteiger charge is 2.15. The normalized spacial score (nSPS) is 11.6. The largest absolute Gasteiger partial charge is 0.318 e. The second-order valence-electron chi connectivity index (χ2n) is 5.64. The zero-order valence-corrected chi connectivity index (χ0v) is 16.2. The van der Waals surface area contributed by atoms with Crippen molar-refractivity contribution in [2.45, 2.75) is 13.8 Å². The van der Waals surface area contributed by atoms with Crippen molar-refractivity contribution in [1.29, 1.82) is 0 Å². The molecule has 0 amide bonds. The maximum atomic E-state index is 4.42. The Kier molecular flexibility index (Phi) is 5.11. The van der Waals surface area contributed by atoms with Gasteiger partial charge >= 0.3 is 0 Å². The van der Waals surface area contributed by atoms with E-state index in [4.69, 9.17) is 0 Å². The Labute approximate surface area is 154 Å². The third kappa shape index (κ3) is 3.57. The van der Waals surface area contributed by atoms with Crippen LogP contribution in [0.3, 0.4) is 0 Å². The molecule has 0 unspecified atom stereocenters. The van der Waals surface area contributed by atoms with E-state index in [2.05, 4.69) is 79.2 Å². The highest BCUT2D eigenvalue weighted by Crippen LogP contribution is 2.34. The van der Waals surface area contributed by atoms with E-state index in [1.54, 1.807) is 11.3 Å². The van der Waals surface area contributed by atoms with Crippen LogP contribution in [0.4, 0.5) is 0 Å². The second-order valence-corrected chi connectivity index (χ2v) is 7.53. The first kappa shape index (κ1) is 16.9. The van der Waals surface area contributed by atoms with Gasteiger partial charge in [0.2, 0.25) is 4.80 Å². The average molecular weight is 400 g/mol. The summed E-state index contributed by atoms with van der Waals surface area (Å²) in [6, 6.07) is 18.8. The maximum Gasteiger partial charge on any atom is 0.211 e. The quantitative estimate of drug-likeness (QED) is 0.412. The van der Waals surface area contributed by atoms with Gasteiger partial charge in [-0.15, -0.1) is 5.10 Å². The molecule has 3 aromatic rings. The van der Waals surface area contributed by atoms with Crippen LogP contribution in [0, 0.1) is 0 Å². The van der Waals surface area contributed by atoms with Gasteiger partial charge in [0.15, 0.2) is 0 Å². The minimum absolute atomic E-state index is 0.882. The molecule has 24 heavy (non-hydrogen) atoms. The Balaban J connectivity index is 2.27. The summed E-state index contributed by atoms with van der Waals surface area (Å²) in [6.45, 7) is 3.90. The van der Waals surface area contributed by atoms with E-state index in [0.29, 0.717) is 0 Å². The summed E-state index contributed by atoms with van der Waals surface area (Å²) < 4.78 is 3.18. The highest BCUT2D eigenvalue weighted by atomic mass is 79.9. The van der Waals surface area contributed by atoms with Gasteiger partial charge in [0, 0.05) is 17.2 Å². The molecule has 0 saturated heterocycles. The van der Waals surface area contributed by atoms with Gasteiger partial charge in [-0.25, -0.2) is 0 Å². The predicted molar refractivity (Wildman–Crippen MR) is 106 cm³/mol. The molecule has 0 aliphatic carbocycles. The molecule has 0 N–H and O–H groups in total. The Morgan fingerprint density at radius 2 is 1.62 bits per heavy atom. The van der Waals surface area contributed by atoms with Gasteiger partial charge in [0.25, 0.3) is 0 Å². The Morgan fingerprint density at radius 1 is 0.958 bits per heavy atom. The number of hydrogen-bond donors (Lipinski definition) is 0. The first-order valence-electron chi connectivity index (χ1n) is 7.62. The van der Waals surface area contributed by atoms with Crippen LogP contribution >= 0.6 is 27.3 Å². The Hall–Kier alpha value is -1.98. The first-order chi connectivity index (χ1) is 11.6. The number of halogens is 1. The fraction of sp³-hybridized carbons (Fsp3) is 0.158. The summed E-state index contributed by atoms with van der Waals surface area (Å²) in [6.07, 6.45) is 0. The van der Waals surface area contributed by atoms with Crippen LogP contribution in [-0.2, 0) is 7.05 Å². The highest BCUT2D eigenvalue weighted by molar-refractivity contribution is 9.10. The molecular formula is C19H18BrN3S. The van der Waals surface area contributed by atoms with Crippen molar-refractivity contribution >= 4 is 33.0 Å². The Bertz CT molecular complexity index is 931. The van der Waals surface area contributed by atoms with Crippen LogP contribution in [-0.4, -0.2) is 10.3 Å². The van der Waals surface area contributed by atoms with Gasteiger partial charge in [-0.2, -0.15) is 5.10 Å². The lowest BCUT2D eigenvalue weighted by Crippen LogP contribution is -2.11. The fourth-order valence-corrected chi connectivity index (χ4v) is 3.77. The number of aromatic nitrogens is 1. The van der Waals surface area contributed by atoms with E-state index in [0.717, 1.165) is 26.2 Å². The molecule has 0 atom stereocenters. The van der Waals surface area contributed by atoms with Crippen LogP contribution in [0.2, 0.25) is 0 Å². The first-order valence-corrected chi connectivity index (χ1v) is 9.23. The summed E-state index contributed by atoms with van der Waals surface area (Å²) in [5, 5.41) is 8.65. The van der Waals surface area contributed by atoms with Gasteiger partial charge in [-0.1, -0.05) is 69.7 Å². The van der Waals surface area contributed by atoms with E-state index in [-0.39, 0.29) is 0 Å². The third-order valence-electron chi connectivity index (χ3n) is 3.52. The lowest BCUT2D eigenvalue weighted by Gasteiger charge is -2.07. The summed E-state index contributed by atoms with van der Waals surface area (Å²) >= 11 is 5.16. The molecule has 0 saturated carbocycles. The average Bonchev–Trinajstić information content (AvgIpc) is 2.91. The van der Waals surface area contributed by atoms with Crippen LogP contribution in [0.25, 0.3) is 21.7 Å². The molecule has 122 valence electrons. The Morgan fingerprint density at radius 3 is 2.25 bits per heavy atom. The molecule has 0 fully saturated rings. The number of thiazole rings is 1. The van der Waals surface area contributed by atoms with Crippen molar-refractivity contribution in [3.63, 3.8) is 0 Å². The van der Waals surface area contributed by atoms with E-state index < -0.39 is 0 Å². The minimum Gasteiger partial charge on any atom is -0.318 e. The van der Waals surface area contributed by atoms with Gasteiger partial charge in [-0.05, 0) is 37.1 Å². The van der Waals surface area contributed by atoms with Crippen LogP contribution < -0.4 is 4.80 Å². The van der Waals surface area contributed by atoms with Crippen molar-refractivity contribution in [3.8, 4) is 21.7 Å². The summed E-state index contributed by atoms with van der Waals surface area (Å²) in [7, 11) is 2.04. The molecule has 3 rings (SSSR count). The van der Waals surface area contributed by atoms with E-state index >= 15 is 0 Å². The van der Waals surface area contributed by atoms with E-state index in [1.807, 2.05) is 27.0 Å². The predicted octanol–water partition coefficient (Wildman–Crippen LogP) is 5.48.